The molecule has 2 amide bonds. The van der Waals surface area contributed by atoms with Crippen LogP contribution < -0.4 is 5.32 Å². The number of likely N-dealkylation sites (N-methyl/N-ethyl adjacent to an activating group) is 1. The third-order valence-electron chi connectivity index (χ3n) is 5.86. The highest BCUT2D eigenvalue weighted by molar-refractivity contribution is 5.86. The van der Waals surface area contributed by atoms with Gasteiger partial charge in [0.15, 0.2) is 6.10 Å². The van der Waals surface area contributed by atoms with E-state index in [2.05, 4.69) is 24.1 Å². The van der Waals surface area contributed by atoms with Crippen molar-refractivity contribution < 1.29 is 14.3 Å². The normalized spacial score (nSPS) is 25.1. The number of nitrogens with zero attached hydrogens (tertiary/aromatic N) is 2. The average Bonchev–Trinajstić information content (AvgIpc) is 2.65. The summed E-state index contributed by atoms with van der Waals surface area (Å²) in [6.45, 7) is 8.34. The SMILES string of the molecule is Cc1ccccc1C1C(C(=O)NC2CCN(C(C)C)CC2)OCC(=O)N1C. The van der Waals surface area contributed by atoms with Crippen molar-refractivity contribution in [1.29, 1.82) is 0 Å². The summed E-state index contributed by atoms with van der Waals surface area (Å²) in [5, 5.41) is 3.17. The molecule has 2 aliphatic rings. The first kappa shape index (κ1) is 19.8. The van der Waals surface area contributed by atoms with Crippen molar-refractivity contribution >= 4 is 11.8 Å². The van der Waals surface area contributed by atoms with Gasteiger partial charge in [0.05, 0.1) is 6.04 Å². The molecule has 2 aliphatic heterocycles. The lowest BCUT2D eigenvalue weighted by atomic mass is 9.93. The van der Waals surface area contributed by atoms with Gasteiger partial charge in [0.1, 0.15) is 6.61 Å². The van der Waals surface area contributed by atoms with Crippen molar-refractivity contribution in [3.8, 4) is 0 Å². The molecule has 1 aromatic rings. The molecular weight excluding hydrogens is 342 g/mol. The summed E-state index contributed by atoms with van der Waals surface area (Å²) in [5.74, 6) is -0.219. The maximum absolute atomic E-state index is 13.0. The minimum atomic E-state index is -0.683. The highest BCUT2D eigenvalue weighted by Crippen LogP contribution is 2.31. The van der Waals surface area contributed by atoms with Gasteiger partial charge >= 0.3 is 0 Å². The Bertz CT molecular complexity index is 683. The monoisotopic (exact) mass is 373 g/mol. The summed E-state index contributed by atoms with van der Waals surface area (Å²) in [6, 6.07) is 8.17. The number of piperidine rings is 1. The van der Waals surface area contributed by atoms with Crippen LogP contribution in [-0.2, 0) is 14.3 Å². The lowest BCUT2D eigenvalue weighted by Crippen LogP contribution is -2.55. The fourth-order valence-corrected chi connectivity index (χ4v) is 4.07. The number of rotatable bonds is 4. The van der Waals surface area contributed by atoms with Crippen LogP contribution in [-0.4, -0.2) is 66.5 Å². The Morgan fingerprint density at radius 2 is 1.89 bits per heavy atom. The minimum absolute atomic E-state index is 0.0528. The molecule has 27 heavy (non-hydrogen) atoms. The molecule has 2 unspecified atom stereocenters. The molecule has 0 spiro atoms. The highest BCUT2D eigenvalue weighted by atomic mass is 16.5. The Labute approximate surface area is 161 Å². The van der Waals surface area contributed by atoms with Gasteiger partial charge in [-0.3, -0.25) is 9.59 Å². The Balaban J connectivity index is 1.72. The van der Waals surface area contributed by atoms with Gasteiger partial charge in [-0.2, -0.15) is 0 Å². The smallest absolute Gasteiger partial charge is 0.251 e. The van der Waals surface area contributed by atoms with Crippen molar-refractivity contribution in [1.82, 2.24) is 15.1 Å². The van der Waals surface area contributed by atoms with Crippen LogP contribution in [0.15, 0.2) is 24.3 Å². The molecule has 2 atom stereocenters. The molecule has 0 saturated carbocycles. The number of aryl methyl sites for hydroxylation is 1. The number of hydrogen-bond donors (Lipinski definition) is 1. The zero-order valence-electron chi connectivity index (χ0n) is 16.8. The van der Waals surface area contributed by atoms with Gasteiger partial charge in [-0.05, 0) is 44.7 Å². The lowest BCUT2D eigenvalue weighted by molar-refractivity contribution is -0.162. The molecule has 2 fully saturated rings. The van der Waals surface area contributed by atoms with E-state index in [0.29, 0.717) is 6.04 Å². The number of morpholine rings is 1. The maximum atomic E-state index is 13.0. The van der Waals surface area contributed by atoms with Gasteiger partial charge in [0.2, 0.25) is 5.91 Å². The second-order valence-corrected chi connectivity index (χ2v) is 7.95. The number of nitrogens with one attached hydrogen (secondary N) is 1. The van der Waals surface area contributed by atoms with Crippen molar-refractivity contribution in [3.63, 3.8) is 0 Å². The molecule has 6 heteroatoms. The summed E-state index contributed by atoms with van der Waals surface area (Å²) in [7, 11) is 1.75. The topological polar surface area (TPSA) is 61.9 Å². The number of hydrogen-bond acceptors (Lipinski definition) is 4. The van der Waals surface area contributed by atoms with Gasteiger partial charge in [-0.25, -0.2) is 0 Å². The number of amides is 2. The molecule has 1 aromatic carbocycles. The Hall–Kier alpha value is -1.92. The summed E-state index contributed by atoms with van der Waals surface area (Å²) in [5.41, 5.74) is 2.01. The van der Waals surface area contributed by atoms with Gasteiger partial charge in [-0.15, -0.1) is 0 Å². The fraction of sp³-hybridized carbons (Fsp3) is 0.619. The van der Waals surface area contributed by atoms with Crippen LogP contribution in [0.25, 0.3) is 0 Å². The predicted molar refractivity (Wildman–Crippen MR) is 104 cm³/mol. The number of benzene rings is 1. The molecule has 6 nitrogen and oxygen atoms in total. The first-order valence-corrected chi connectivity index (χ1v) is 9.85. The summed E-state index contributed by atoms with van der Waals surface area (Å²) >= 11 is 0. The van der Waals surface area contributed by atoms with Gasteiger partial charge in [-0.1, -0.05) is 24.3 Å². The average molecular weight is 373 g/mol. The third kappa shape index (κ3) is 4.33. The highest BCUT2D eigenvalue weighted by Gasteiger charge is 2.41. The van der Waals surface area contributed by atoms with Gasteiger partial charge in [0, 0.05) is 32.2 Å². The van der Waals surface area contributed by atoms with Crippen molar-refractivity contribution in [2.24, 2.45) is 0 Å². The van der Waals surface area contributed by atoms with E-state index in [-0.39, 0.29) is 24.5 Å². The molecule has 148 valence electrons. The standard InChI is InChI=1S/C21H31N3O3/c1-14(2)24-11-9-16(10-12-24)22-21(26)20-19(23(4)18(25)13-27-20)17-8-6-5-7-15(17)3/h5-8,14,16,19-20H,9-13H2,1-4H3,(H,22,26). The molecule has 0 bridgehead atoms. The molecular formula is C21H31N3O3. The van der Waals surface area contributed by atoms with Gasteiger partial charge < -0.3 is 19.9 Å². The molecule has 1 N–H and O–H groups in total. The second-order valence-electron chi connectivity index (χ2n) is 7.95. The van der Waals surface area contributed by atoms with E-state index in [9.17, 15) is 9.59 Å². The van der Waals surface area contributed by atoms with E-state index in [0.717, 1.165) is 37.1 Å². The van der Waals surface area contributed by atoms with E-state index >= 15 is 0 Å². The van der Waals surface area contributed by atoms with E-state index in [4.69, 9.17) is 4.74 Å². The van der Waals surface area contributed by atoms with Crippen LogP contribution >= 0.6 is 0 Å². The number of ether oxygens (including phenoxy) is 1. The maximum Gasteiger partial charge on any atom is 0.251 e. The Morgan fingerprint density at radius 1 is 1.22 bits per heavy atom. The Morgan fingerprint density at radius 3 is 2.52 bits per heavy atom. The van der Waals surface area contributed by atoms with Crippen LogP contribution in [0.2, 0.25) is 0 Å². The quantitative estimate of drug-likeness (QED) is 0.875. The summed E-state index contributed by atoms with van der Waals surface area (Å²) in [4.78, 5) is 29.3. The molecule has 2 heterocycles. The molecule has 0 aromatic heterocycles. The molecule has 0 radical (unpaired) electrons. The van der Waals surface area contributed by atoms with E-state index in [1.54, 1.807) is 11.9 Å². The number of likely N-dealkylation sites (tertiary alicyclic amines) is 1. The minimum Gasteiger partial charge on any atom is -0.356 e. The summed E-state index contributed by atoms with van der Waals surface area (Å²) < 4.78 is 5.73. The molecule has 3 rings (SSSR count). The van der Waals surface area contributed by atoms with E-state index in [1.165, 1.54) is 0 Å². The van der Waals surface area contributed by atoms with E-state index < -0.39 is 12.1 Å². The largest absolute Gasteiger partial charge is 0.356 e. The molecule has 2 saturated heterocycles. The first-order chi connectivity index (χ1) is 12.9. The van der Waals surface area contributed by atoms with Crippen LogP contribution in [0, 0.1) is 6.92 Å². The van der Waals surface area contributed by atoms with Crippen molar-refractivity contribution in [3.05, 3.63) is 35.4 Å². The Kier molecular flexibility index (Phi) is 6.17. The zero-order chi connectivity index (χ0) is 19.6. The fourth-order valence-electron chi connectivity index (χ4n) is 4.07. The van der Waals surface area contributed by atoms with Crippen LogP contribution in [0.1, 0.15) is 43.9 Å². The third-order valence-corrected chi connectivity index (χ3v) is 5.86. The van der Waals surface area contributed by atoms with Gasteiger partial charge in [0.25, 0.3) is 5.91 Å². The van der Waals surface area contributed by atoms with Crippen LogP contribution in [0.4, 0.5) is 0 Å². The zero-order valence-corrected chi connectivity index (χ0v) is 16.8. The van der Waals surface area contributed by atoms with E-state index in [1.807, 2.05) is 31.2 Å². The van der Waals surface area contributed by atoms with Crippen molar-refractivity contribution in [2.75, 3.05) is 26.7 Å². The molecule has 0 aliphatic carbocycles. The number of carbonyl (C=O) groups excluding carboxylic acids is 2. The predicted octanol–water partition coefficient (Wildman–Crippen LogP) is 1.88. The summed E-state index contributed by atoms with van der Waals surface area (Å²) in [6.07, 6.45) is 1.21. The first-order valence-electron chi connectivity index (χ1n) is 9.85. The van der Waals surface area contributed by atoms with Crippen molar-refractivity contribution in [2.45, 2.75) is 57.8 Å². The second kappa shape index (κ2) is 8.40. The van der Waals surface area contributed by atoms with Crippen LogP contribution in [0.5, 0.6) is 0 Å². The lowest BCUT2D eigenvalue weighted by Gasteiger charge is -2.40. The number of carbonyl (C=O) groups is 2. The van der Waals surface area contributed by atoms with Crippen LogP contribution in [0.3, 0.4) is 0 Å².